The number of piperidine rings is 1. The van der Waals surface area contributed by atoms with Crippen molar-refractivity contribution in [2.45, 2.75) is 19.8 Å². The third-order valence-electron chi connectivity index (χ3n) is 5.63. The maximum Gasteiger partial charge on any atom is 0.294 e. The van der Waals surface area contributed by atoms with E-state index in [-0.39, 0.29) is 28.1 Å². The topological polar surface area (TPSA) is 114 Å². The van der Waals surface area contributed by atoms with Gasteiger partial charge in [0.15, 0.2) is 0 Å². The summed E-state index contributed by atoms with van der Waals surface area (Å²) < 4.78 is 5.70. The van der Waals surface area contributed by atoms with Gasteiger partial charge >= 0.3 is 0 Å². The molecule has 2 saturated heterocycles. The molecule has 0 bridgehead atoms. The summed E-state index contributed by atoms with van der Waals surface area (Å²) in [5.74, 6) is 0.407. The number of nitro groups is 1. The van der Waals surface area contributed by atoms with Crippen LogP contribution in [0.3, 0.4) is 0 Å². The zero-order valence-corrected chi connectivity index (χ0v) is 19.2. The monoisotopic (exact) mass is 489 g/mol. The van der Waals surface area contributed by atoms with Gasteiger partial charge in [-0.2, -0.15) is 0 Å². The number of benzene rings is 1. The van der Waals surface area contributed by atoms with Crippen molar-refractivity contribution in [3.05, 3.63) is 56.1 Å². The zero-order chi connectivity index (χ0) is 23.7. The number of thioether (sulfide) groups is 1. The Kier molecular flexibility index (Phi) is 6.57. The van der Waals surface area contributed by atoms with Crippen molar-refractivity contribution in [3.63, 3.8) is 0 Å². The summed E-state index contributed by atoms with van der Waals surface area (Å²) in [5, 5.41) is 10.6. The van der Waals surface area contributed by atoms with Crippen LogP contribution < -0.4 is 0 Å². The number of carbonyl (C=O) groups excluding carboxylic acids is 3. The van der Waals surface area contributed by atoms with Crippen LogP contribution in [0, 0.1) is 16.0 Å². The summed E-state index contributed by atoms with van der Waals surface area (Å²) in [4.78, 5) is 51.0. The van der Waals surface area contributed by atoms with Crippen molar-refractivity contribution in [1.29, 1.82) is 0 Å². The number of likely N-dealkylation sites (tertiary alicyclic amines) is 1. The van der Waals surface area contributed by atoms with E-state index >= 15 is 0 Å². The molecule has 2 aliphatic rings. The quantitative estimate of drug-likeness (QED) is 0.336. The molecule has 1 aromatic carbocycles. The minimum Gasteiger partial charge on any atom is -0.457 e. The smallest absolute Gasteiger partial charge is 0.294 e. The highest BCUT2D eigenvalue weighted by molar-refractivity contribution is 8.18. The van der Waals surface area contributed by atoms with Crippen LogP contribution in [0.15, 0.2) is 39.7 Å². The maximum atomic E-state index is 12.7. The van der Waals surface area contributed by atoms with E-state index in [2.05, 4.69) is 6.92 Å². The number of hydrogen-bond donors (Lipinski definition) is 0. The molecule has 9 nitrogen and oxygen atoms in total. The average Bonchev–Trinajstić information content (AvgIpc) is 3.34. The lowest BCUT2D eigenvalue weighted by Gasteiger charge is -2.31. The number of amides is 3. The van der Waals surface area contributed by atoms with Crippen LogP contribution in [0.1, 0.15) is 25.5 Å². The van der Waals surface area contributed by atoms with Crippen LogP contribution >= 0.6 is 23.4 Å². The second-order valence-corrected chi connectivity index (χ2v) is 9.36. The molecule has 33 heavy (non-hydrogen) atoms. The molecule has 3 heterocycles. The van der Waals surface area contributed by atoms with Crippen molar-refractivity contribution in [2.75, 3.05) is 19.6 Å². The van der Waals surface area contributed by atoms with Crippen LogP contribution in [0.4, 0.5) is 10.5 Å². The molecular weight excluding hydrogens is 470 g/mol. The third kappa shape index (κ3) is 4.96. The Hall–Kier alpha value is -3.11. The fourth-order valence-electron chi connectivity index (χ4n) is 3.65. The first-order chi connectivity index (χ1) is 15.7. The zero-order valence-electron chi connectivity index (χ0n) is 17.7. The van der Waals surface area contributed by atoms with Gasteiger partial charge in [0.05, 0.1) is 9.83 Å². The Morgan fingerprint density at radius 1 is 1.27 bits per heavy atom. The fourth-order valence-corrected chi connectivity index (χ4v) is 4.66. The van der Waals surface area contributed by atoms with E-state index < -0.39 is 16.1 Å². The standard InChI is InChI=1S/C22H20ClN3O6S/c1-13-6-8-24(9-7-13)20(27)12-25-21(28)19(33-22(25)29)11-15-3-5-18(32-15)14-2-4-16(23)17(10-14)26(30)31/h2-5,10-11,13H,6-9,12H2,1H3/b19-11+. The summed E-state index contributed by atoms with van der Waals surface area (Å²) in [5.41, 5.74) is 0.196. The Balaban J connectivity index is 1.47. The molecule has 172 valence electrons. The van der Waals surface area contributed by atoms with Gasteiger partial charge in [-0.05, 0) is 54.8 Å². The van der Waals surface area contributed by atoms with Gasteiger partial charge in [0.1, 0.15) is 23.1 Å². The average molecular weight is 490 g/mol. The number of nitro benzene ring substituents is 1. The van der Waals surface area contributed by atoms with Crippen molar-refractivity contribution >= 4 is 52.2 Å². The Morgan fingerprint density at radius 3 is 2.70 bits per heavy atom. The molecule has 2 aliphatic heterocycles. The van der Waals surface area contributed by atoms with Crippen molar-refractivity contribution < 1.29 is 23.7 Å². The molecule has 3 amide bonds. The Morgan fingerprint density at radius 2 is 2.00 bits per heavy atom. The Labute approximate surface area is 198 Å². The second kappa shape index (κ2) is 9.40. The molecule has 2 fully saturated rings. The Bertz CT molecular complexity index is 1170. The van der Waals surface area contributed by atoms with Crippen LogP contribution in [-0.4, -0.2) is 51.4 Å². The predicted octanol–water partition coefficient (Wildman–Crippen LogP) is 4.80. The van der Waals surface area contributed by atoms with E-state index in [1.54, 1.807) is 23.1 Å². The predicted molar refractivity (Wildman–Crippen MR) is 123 cm³/mol. The van der Waals surface area contributed by atoms with Gasteiger partial charge in [-0.25, -0.2) is 0 Å². The number of carbonyl (C=O) groups is 3. The lowest BCUT2D eigenvalue weighted by atomic mass is 9.99. The van der Waals surface area contributed by atoms with E-state index in [0.29, 0.717) is 36.1 Å². The van der Waals surface area contributed by atoms with Crippen LogP contribution in [0.25, 0.3) is 17.4 Å². The summed E-state index contributed by atoms with van der Waals surface area (Å²) >= 11 is 6.59. The molecule has 0 atom stereocenters. The highest BCUT2D eigenvalue weighted by Gasteiger charge is 2.37. The highest BCUT2D eigenvalue weighted by Crippen LogP contribution is 2.35. The number of rotatable bonds is 5. The van der Waals surface area contributed by atoms with E-state index in [0.717, 1.165) is 29.5 Å². The van der Waals surface area contributed by atoms with Crippen LogP contribution in [0.2, 0.25) is 5.02 Å². The van der Waals surface area contributed by atoms with Crippen molar-refractivity contribution in [3.8, 4) is 11.3 Å². The number of imide groups is 1. The summed E-state index contributed by atoms with van der Waals surface area (Å²) in [7, 11) is 0. The molecule has 0 radical (unpaired) electrons. The van der Waals surface area contributed by atoms with E-state index in [1.807, 2.05) is 0 Å². The first-order valence-corrected chi connectivity index (χ1v) is 11.5. The normalized spacial score (nSPS) is 18.4. The van der Waals surface area contributed by atoms with E-state index in [9.17, 15) is 24.5 Å². The molecule has 0 aliphatic carbocycles. The van der Waals surface area contributed by atoms with Gasteiger partial charge in [0.25, 0.3) is 16.8 Å². The third-order valence-corrected chi connectivity index (χ3v) is 6.86. The first-order valence-electron chi connectivity index (χ1n) is 10.3. The molecule has 0 unspecified atom stereocenters. The van der Waals surface area contributed by atoms with E-state index in [4.69, 9.17) is 16.0 Å². The number of hydrogen-bond acceptors (Lipinski definition) is 7. The SMILES string of the molecule is CC1CCN(C(=O)CN2C(=O)S/C(=C/c3ccc(-c4ccc(Cl)c([N+](=O)[O-])c4)o3)C2=O)CC1. The largest absolute Gasteiger partial charge is 0.457 e. The molecule has 1 aromatic heterocycles. The van der Waals surface area contributed by atoms with Crippen LogP contribution in [0.5, 0.6) is 0 Å². The summed E-state index contributed by atoms with van der Waals surface area (Å²) in [6, 6.07) is 7.47. The van der Waals surface area contributed by atoms with Gasteiger partial charge in [0, 0.05) is 30.8 Å². The summed E-state index contributed by atoms with van der Waals surface area (Å²) in [6.07, 6.45) is 3.24. The molecule has 11 heteroatoms. The highest BCUT2D eigenvalue weighted by atomic mass is 35.5. The van der Waals surface area contributed by atoms with E-state index in [1.165, 1.54) is 18.2 Å². The van der Waals surface area contributed by atoms with Crippen molar-refractivity contribution in [2.24, 2.45) is 5.92 Å². The minimum atomic E-state index is -0.586. The first kappa shape index (κ1) is 23.1. The summed E-state index contributed by atoms with van der Waals surface area (Å²) in [6.45, 7) is 3.11. The van der Waals surface area contributed by atoms with Crippen LogP contribution in [-0.2, 0) is 9.59 Å². The van der Waals surface area contributed by atoms with Gasteiger partial charge in [-0.1, -0.05) is 18.5 Å². The van der Waals surface area contributed by atoms with Gasteiger partial charge in [0.2, 0.25) is 5.91 Å². The molecule has 4 rings (SSSR count). The second-order valence-electron chi connectivity index (χ2n) is 7.96. The van der Waals surface area contributed by atoms with Gasteiger partial charge in [-0.15, -0.1) is 0 Å². The number of furan rings is 1. The number of halogens is 1. The molecule has 0 saturated carbocycles. The lowest BCUT2D eigenvalue weighted by Crippen LogP contribution is -2.45. The fraction of sp³-hybridized carbons (Fsp3) is 0.318. The minimum absolute atomic E-state index is 0.0119. The number of nitrogens with zero attached hydrogens (tertiary/aromatic N) is 3. The molecule has 0 spiro atoms. The van der Waals surface area contributed by atoms with Crippen molar-refractivity contribution in [1.82, 2.24) is 9.80 Å². The molecule has 0 N–H and O–H groups in total. The lowest BCUT2D eigenvalue weighted by molar-refractivity contribution is -0.384. The molecular formula is C22H20ClN3O6S. The molecule has 2 aromatic rings. The van der Waals surface area contributed by atoms with Gasteiger partial charge in [-0.3, -0.25) is 29.4 Å². The van der Waals surface area contributed by atoms with Gasteiger partial charge < -0.3 is 9.32 Å². The maximum absolute atomic E-state index is 12.7.